The summed E-state index contributed by atoms with van der Waals surface area (Å²) in [4.78, 5) is 12.2. The van der Waals surface area contributed by atoms with Gasteiger partial charge in [0.25, 0.3) is 0 Å². The molecule has 4 heteroatoms. The van der Waals surface area contributed by atoms with Crippen LogP contribution in [0.25, 0.3) is 0 Å². The summed E-state index contributed by atoms with van der Waals surface area (Å²) >= 11 is 4.86. The molecule has 1 atom stereocenters. The van der Waals surface area contributed by atoms with E-state index in [9.17, 15) is 4.79 Å². The lowest BCUT2D eigenvalue weighted by molar-refractivity contribution is -0.122. The van der Waals surface area contributed by atoms with Gasteiger partial charge >= 0.3 is 0 Å². The molecule has 92 valence electrons. The molecule has 0 aromatic carbocycles. The van der Waals surface area contributed by atoms with Crippen LogP contribution >= 0.6 is 12.2 Å². The largest absolute Gasteiger partial charge is 0.393 e. The molecular formula is C12H22N2OS. The highest BCUT2D eigenvalue weighted by Gasteiger charge is 2.19. The van der Waals surface area contributed by atoms with Crippen LogP contribution in [0.1, 0.15) is 51.9 Å². The van der Waals surface area contributed by atoms with E-state index in [0.29, 0.717) is 23.7 Å². The van der Waals surface area contributed by atoms with Gasteiger partial charge in [-0.3, -0.25) is 4.79 Å². The first-order valence-corrected chi connectivity index (χ1v) is 6.60. The molecule has 1 unspecified atom stereocenters. The Morgan fingerprint density at radius 2 is 2.12 bits per heavy atom. The number of amides is 1. The van der Waals surface area contributed by atoms with E-state index in [1.165, 1.54) is 25.7 Å². The summed E-state index contributed by atoms with van der Waals surface area (Å²) in [6.45, 7) is 2.04. The molecule has 3 N–H and O–H groups in total. The number of carbonyl (C=O) groups excluding carboxylic acids is 1. The van der Waals surface area contributed by atoms with E-state index in [1.54, 1.807) is 0 Å². The topological polar surface area (TPSA) is 55.1 Å². The van der Waals surface area contributed by atoms with Crippen molar-refractivity contribution in [3.63, 3.8) is 0 Å². The Balaban J connectivity index is 2.27. The van der Waals surface area contributed by atoms with Gasteiger partial charge in [0.2, 0.25) is 5.91 Å². The summed E-state index contributed by atoms with van der Waals surface area (Å²) in [7, 11) is 0. The van der Waals surface area contributed by atoms with E-state index in [0.717, 1.165) is 6.42 Å². The average Bonchev–Trinajstić information content (AvgIpc) is 2.68. The van der Waals surface area contributed by atoms with E-state index in [2.05, 4.69) is 5.32 Å². The van der Waals surface area contributed by atoms with Crippen LogP contribution in [-0.2, 0) is 4.79 Å². The molecule has 0 saturated heterocycles. The molecule has 3 nitrogen and oxygen atoms in total. The summed E-state index contributed by atoms with van der Waals surface area (Å²) in [6, 6.07) is 0.117. The van der Waals surface area contributed by atoms with Gasteiger partial charge in [-0.05, 0) is 25.2 Å². The van der Waals surface area contributed by atoms with Gasteiger partial charge in [0.05, 0.1) is 4.99 Å². The Morgan fingerprint density at radius 3 is 2.62 bits per heavy atom. The van der Waals surface area contributed by atoms with Gasteiger partial charge in [-0.25, -0.2) is 0 Å². The highest BCUT2D eigenvalue weighted by molar-refractivity contribution is 7.80. The monoisotopic (exact) mass is 242 g/mol. The van der Waals surface area contributed by atoms with Gasteiger partial charge < -0.3 is 11.1 Å². The number of thiocarbonyl (C=S) groups is 1. The number of hydrogen-bond acceptors (Lipinski definition) is 2. The second kappa shape index (κ2) is 6.84. The zero-order valence-electron chi connectivity index (χ0n) is 10.00. The third-order valence-electron chi connectivity index (χ3n) is 3.25. The lowest BCUT2D eigenvalue weighted by Gasteiger charge is -2.17. The smallest absolute Gasteiger partial charge is 0.220 e. The fraction of sp³-hybridized carbons (Fsp3) is 0.833. The Kier molecular flexibility index (Phi) is 5.74. The summed E-state index contributed by atoms with van der Waals surface area (Å²) in [5, 5.41) is 3.02. The van der Waals surface area contributed by atoms with Crippen LogP contribution in [0.2, 0.25) is 0 Å². The van der Waals surface area contributed by atoms with E-state index in [4.69, 9.17) is 18.0 Å². The predicted molar refractivity (Wildman–Crippen MR) is 70.2 cm³/mol. The van der Waals surface area contributed by atoms with Crippen LogP contribution < -0.4 is 11.1 Å². The maximum atomic E-state index is 11.8. The maximum Gasteiger partial charge on any atom is 0.220 e. The van der Waals surface area contributed by atoms with Crippen molar-refractivity contribution in [2.24, 2.45) is 11.7 Å². The second-order valence-corrected chi connectivity index (χ2v) is 5.22. The Hall–Kier alpha value is -0.640. The first-order valence-electron chi connectivity index (χ1n) is 6.19. The summed E-state index contributed by atoms with van der Waals surface area (Å²) in [5.74, 6) is 0.761. The van der Waals surface area contributed by atoms with Gasteiger partial charge in [-0.15, -0.1) is 0 Å². The standard InChI is InChI=1S/C12H22N2OS/c1-2-10(8-11(13)16)14-12(15)7-9-5-3-4-6-9/h9-10H,2-8H2,1H3,(H2,13,16)(H,14,15). The van der Waals surface area contributed by atoms with E-state index < -0.39 is 0 Å². The lowest BCUT2D eigenvalue weighted by atomic mass is 10.0. The first kappa shape index (κ1) is 13.4. The minimum Gasteiger partial charge on any atom is -0.393 e. The van der Waals surface area contributed by atoms with Crippen molar-refractivity contribution in [2.75, 3.05) is 0 Å². The fourth-order valence-corrected chi connectivity index (χ4v) is 2.50. The fourth-order valence-electron chi connectivity index (χ4n) is 2.30. The summed E-state index contributed by atoms with van der Waals surface area (Å²) in [6.07, 6.45) is 7.15. The van der Waals surface area contributed by atoms with Gasteiger partial charge in [0, 0.05) is 18.9 Å². The molecule has 0 bridgehead atoms. The summed E-state index contributed by atoms with van der Waals surface area (Å²) < 4.78 is 0. The van der Waals surface area contributed by atoms with Crippen molar-refractivity contribution in [1.29, 1.82) is 0 Å². The molecule has 1 fully saturated rings. The van der Waals surface area contributed by atoms with Gasteiger partial charge in [-0.1, -0.05) is 32.0 Å². The van der Waals surface area contributed by atoms with Crippen LogP contribution in [0, 0.1) is 5.92 Å². The van der Waals surface area contributed by atoms with Crippen LogP contribution in [0.4, 0.5) is 0 Å². The number of carbonyl (C=O) groups is 1. The van der Waals surface area contributed by atoms with Crippen molar-refractivity contribution < 1.29 is 4.79 Å². The van der Waals surface area contributed by atoms with E-state index >= 15 is 0 Å². The highest BCUT2D eigenvalue weighted by Crippen LogP contribution is 2.27. The molecule has 0 aromatic rings. The lowest BCUT2D eigenvalue weighted by Crippen LogP contribution is -2.37. The number of nitrogens with one attached hydrogen (secondary N) is 1. The van der Waals surface area contributed by atoms with Crippen molar-refractivity contribution in [1.82, 2.24) is 5.32 Å². The zero-order valence-corrected chi connectivity index (χ0v) is 10.8. The molecule has 0 heterocycles. The molecule has 16 heavy (non-hydrogen) atoms. The minimum absolute atomic E-state index is 0.117. The Bertz CT molecular complexity index is 249. The number of nitrogens with two attached hydrogens (primary N) is 1. The van der Waals surface area contributed by atoms with Crippen LogP contribution in [-0.4, -0.2) is 16.9 Å². The molecule has 0 spiro atoms. The molecule has 0 aromatic heterocycles. The highest BCUT2D eigenvalue weighted by atomic mass is 32.1. The summed E-state index contributed by atoms with van der Waals surface area (Å²) in [5.41, 5.74) is 5.49. The first-order chi connectivity index (χ1) is 7.61. The van der Waals surface area contributed by atoms with Crippen molar-refractivity contribution in [3.05, 3.63) is 0 Å². The molecule has 1 amide bonds. The predicted octanol–water partition coefficient (Wildman–Crippen LogP) is 2.14. The van der Waals surface area contributed by atoms with Gasteiger partial charge in [-0.2, -0.15) is 0 Å². The normalized spacial score (nSPS) is 18.3. The molecule has 0 aliphatic heterocycles. The van der Waals surface area contributed by atoms with Crippen molar-refractivity contribution in [3.8, 4) is 0 Å². The van der Waals surface area contributed by atoms with Gasteiger partial charge in [0.1, 0.15) is 0 Å². The van der Waals surface area contributed by atoms with E-state index in [1.807, 2.05) is 6.92 Å². The van der Waals surface area contributed by atoms with Crippen LogP contribution in [0.3, 0.4) is 0 Å². The van der Waals surface area contributed by atoms with Gasteiger partial charge in [0.15, 0.2) is 0 Å². The molecule has 1 rings (SSSR count). The van der Waals surface area contributed by atoms with Crippen LogP contribution in [0.5, 0.6) is 0 Å². The van der Waals surface area contributed by atoms with Crippen molar-refractivity contribution >= 4 is 23.1 Å². The molecular weight excluding hydrogens is 220 g/mol. The SMILES string of the molecule is CCC(CC(N)=S)NC(=O)CC1CCCC1. The zero-order chi connectivity index (χ0) is 12.0. The van der Waals surface area contributed by atoms with E-state index in [-0.39, 0.29) is 11.9 Å². The maximum absolute atomic E-state index is 11.8. The second-order valence-electron chi connectivity index (χ2n) is 4.70. The van der Waals surface area contributed by atoms with Crippen LogP contribution in [0.15, 0.2) is 0 Å². The molecule has 1 aliphatic rings. The molecule has 0 radical (unpaired) electrons. The number of hydrogen-bond donors (Lipinski definition) is 2. The average molecular weight is 242 g/mol. The Morgan fingerprint density at radius 1 is 1.50 bits per heavy atom. The Labute approximate surface area is 103 Å². The third-order valence-corrected chi connectivity index (χ3v) is 3.42. The number of rotatable bonds is 6. The third kappa shape index (κ3) is 4.92. The molecule has 1 aliphatic carbocycles. The minimum atomic E-state index is 0.117. The quantitative estimate of drug-likeness (QED) is 0.702. The molecule has 1 saturated carbocycles. The van der Waals surface area contributed by atoms with Crippen molar-refractivity contribution in [2.45, 2.75) is 57.9 Å².